The van der Waals surface area contributed by atoms with Crippen LogP contribution in [0.25, 0.3) is 0 Å². The smallest absolute Gasteiger partial charge is 0.309 e. The molecule has 20 heavy (non-hydrogen) atoms. The van der Waals surface area contributed by atoms with Crippen LogP contribution in [-0.2, 0) is 16.4 Å². The molecule has 1 unspecified atom stereocenters. The van der Waals surface area contributed by atoms with E-state index in [0.717, 1.165) is 11.8 Å². The van der Waals surface area contributed by atoms with Crippen molar-refractivity contribution in [2.45, 2.75) is 29.9 Å². The summed E-state index contributed by atoms with van der Waals surface area (Å²) in [5.74, 6) is 0.0228. The quantitative estimate of drug-likeness (QED) is 0.816. The van der Waals surface area contributed by atoms with Crippen molar-refractivity contribution in [3.8, 4) is 0 Å². The van der Waals surface area contributed by atoms with Crippen molar-refractivity contribution < 1.29 is 21.6 Å². The van der Waals surface area contributed by atoms with E-state index in [-0.39, 0.29) is 28.5 Å². The second-order valence-corrected chi connectivity index (χ2v) is 7.89. The Morgan fingerprint density at radius 1 is 1.25 bits per heavy atom. The first-order valence-corrected chi connectivity index (χ1v) is 8.69. The summed E-state index contributed by atoms with van der Waals surface area (Å²) in [4.78, 5) is 0.130. The summed E-state index contributed by atoms with van der Waals surface area (Å²) in [6.07, 6.45) is 1.16. The fraction of sp³-hybridized carbons (Fsp3) is 0.500. The van der Waals surface area contributed by atoms with Gasteiger partial charge in [0.1, 0.15) is 9.84 Å². The van der Waals surface area contributed by atoms with E-state index in [1.54, 1.807) is 19.1 Å². The van der Waals surface area contributed by atoms with Crippen LogP contribution < -0.4 is 5.32 Å². The highest BCUT2D eigenvalue weighted by Crippen LogP contribution is 2.36. The van der Waals surface area contributed by atoms with Gasteiger partial charge in [0.2, 0.25) is 0 Å². The van der Waals surface area contributed by atoms with Gasteiger partial charge in [0.25, 0.3) is 0 Å². The van der Waals surface area contributed by atoms with Gasteiger partial charge in [0.15, 0.2) is 0 Å². The minimum Gasteiger partial charge on any atom is -0.309 e. The molecule has 0 radical (unpaired) electrons. The molecule has 8 heteroatoms. The lowest BCUT2D eigenvalue weighted by atomic mass is 10.2. The predicted molar refractivity (Wildman–Crippen MR) is 74.4 cm³/mol. The number of alkyl halides is 3. The van der Waals surface area contributed by atoms with Gasteiger partial charge in [-0.1, -0.05) is 12.1 Å². The third-order valence-corrected chi connectivity index (χ3v) is 4.21. The third kappa shape index (κ3) is 7.76. The molecule has 0 aliphatic heterocycles. The summed E-state index contributed by atoms with van der Waals surface area (Å²) in [5.41, 5.74) is -3.49. The molecule has 0 saturated carbocycles. The van der Waals surface area contributed by atoms with Gasteiger partial charge in [-0.2, -0.15) is 13.2 Å². The molecule has 0 heterocycles. The van der Waals surface area contributed by atoms with Crippen molar-refractivity contribution in [3.05, 3.63) is 29.8 Å². The fourth-order valence-electron chi connectivity index (χ4n) is 1.61. The average Bonchev–Trinajstić information content (AvgIpc) is 2.23. The molecule has 114 valence electrons. The number of benzene rings is 1. The van der Waals surface area contributed by atoms with Crippen molar-refractivity contribution in [2.75, 3.05) is 12.0 Å². The number of sulfone groups is 1. The number of rotatable bonds is 6. The van der Waals surface area contributed by atoms with Crippen molar-refractivity contribution in [2.24, 2.45) is 0 Å². The maximum atomic E-state index is 12.1. The van der Waals surface area contributed by atoms with E-state index in [4.69, 9.17) is 0 Å². The molecule has 0 amide bonds. The molecule has 3 nitrogen and oxygen atoms in total. The number of halogens is 3. The van der Waals surface area contributed by atoms with Crippen LogP contribution in [0.15, 0.2) is 29.2 Å². The third-order valence-electron chi connectivity index (χ3n) is 2.36. The number of nitrogens with one attached hydrogen (secondary N) is 1. The Hall–Kier alpha value is -0.730. The van der Waals surface area contributed by atoms with Gasteiger partial charge >= 0.3 is 5.51 Å². The highest BCUT2D eigenvalue weighted by atomic mass is 32.2. The zero-order chi connectivity index (χ0) is 15.4. The SMILES string of the molecule is CC(CS(C)(=O)=O)NCc1ccc(SC(F)(F)F)cc1. The van der Waals surface area contributed by atoms with Gasteiger partial charge < -0.3 is 5.32 Å². The van der Waals surface area contributed by atoms with E-state index in [1.165, 1.54) is 12.1 Å². The van der Waals surface area contributed by atoms with Gasteiger partial charge in [-0.15, -0.1) is 0 Å². The molecular formula is C12H16F3NO2S2. The van der Waals surface area contributed by atoms with Crippen molar-refractivity contribution in [1.29, 1.82) is 0 Å². The summed E-state index contributed by atoms with van der Waals surface area (Å²) in [5, 5.41) is 3.01. The van der Waals surface area contributed by atoms with Crippen LogP contribution in [0.3, 0.4) is 0 Å². The molecule has 0 bridgehead atoms. The molecular weight excluding hydrogens is 311 g/mol. The number of hydrogen-bond donors (Lipinski definition) is 1. The summed E-state index contributed by atoms with van der Waals surface area (Å²) in [6, 6.07) is 5.77. The fourth-order valence-corrected chi connectivity index (χ4v) is 3.18. The molecule has 1 aromatic rings. The lowest BCUT2D eigenvalue weighted by Crippen LogP contribution is -2.32. The molecule has 1 aromatic carbocycles. The van der Waals surface area contributed by atoms with Crippen LogP contribution in [0.5, 0.6) is 0 Å². The highest BCUT2D eigenvalue weighted by Gasteiger charge is 2.28. The summed E-state index contributed by atoms with van der Waals surface area (Å²) in [7, 11) is -3.05. The normalized spacial score (nSPS) is 14.2. The first kappa shape index (κ1) is 17.3. The summed E-state index contributed by atoms with van der Waals surface area (Å²) < 4.78 is 58.6. The van der Waals surface area contributed by atoms with Crippen LogP contribution in [-0.4, -0.2) is 32.0 Å². The first-order valence-electron chi connectivity index (χ1n) is 5.81. The second-order valence-electron chi connectivity index (χ2n) is 4.57. The minimum absolute atomic E-state index is 0.0228. The monoisotopic (exact) mass is 327 g/mol. The lowest BCUT2D eigenvalue weighted by Gasteiger charge is -2.13. The van der Waals surface area contributed by atoms with Crippen LogP contribution in [0.2, 0.25) is 0 Å². The van der Waals surface area contributed by atoms with E-state index in [9.17, 15) is 21.6 Å². The molecule has 0 aromatic heterocycles. The molecule has 1 rings (SSSR count). The average molecular weight is 327 g/mol. The van der Waals surface area contributed by atoms with Crippen molar-refractivity contribution in [1.82, 2.24) is 5.32 Å². The van der Waals surface area contributed by atoms with Crippen LogP contribution in [0, 0.1) is 0 Å². The number of hydrogen-bond acceptors (Lipinski definition) is 4. The second kappa shape index (κ2) is 6.82. The molecule has 0 aliphatic rings. The van der Waals surface area contributed by atoms with Gasteiger partial charge in [0.05, 0.1) is 5.75 Å². The van der Waals surface area contributed by atoms with Crippen molar-refractivity contribution >= 4 is 21.6 Å². The maximum absolute atomic E-state index is 12.1. The van der Waals surface area contributed by atoms with E-state index in [2.05, 4.69) is 5.32 Å². The summed E-state index contributed by atoms with van der Waals surface area (Å²) >= 11 is -0.158. The zero-order valence-electron chi connectivity index (χ0n) is 11.1. The summed E-state index contributed by atoms with van der Waals surface area (Å²) in [6.45, 7) is 2.16. The topological polar surface area (TPSA) is 46.2 Å². The van der Waals surface area contributed by atoms with Crippen LogP contribution >= 0.6 is 11.8 Å². The maximum Gasteiger partial charge on any atom is 0.446 e. The Morgan fingerprint density at radius 3 is 2.25 bits per heavy atom. The Bertz CT molecular complexity index is 527. The molecule has 0 fully saturated rings. The number of thioether (sulfide) groups is 1. The molecule has 0 aliphatic carbocycles. The predicted octanol–water partition coefficient (Wildman–Crippen LogP) is 2.82. The van der Waals surface area contributed by atoms with Crippen LogP contribution in [0.1, 0.15) is 12.5 Å². The molecule has 0 saturated heterocycles. The largest absolute Gasteiger partial charge is 0.446 e. The Balaban J connectivity index is 2.50. The standard InChI is InChI=1S/C12H16F3NO2S2/c1-9(8-20(2,17)18)16-7-10-3-5-11(6-4-10)19-12(13,14)15/h3-6,9,16H,7-8H2,1-2H3. The van der Waals surface area contributed by atoms with E-state index >= 15 is 0 Å². The molecule has 1 N–H and O–H groups in total. The van der Waals surface area contributed by atoms with E-state index < -0.39 is 15.3 Å². The lowest BCUT2D eigenvalue weighted by molar-refractivity contribution is -0.0328. The first-order chi connectivity index (χ1) is 9.05. The highest BCUT2D eigenvalue weighted by molar-refractivity contribution is 8.00. The molecule has 1 atom stereocenters. The van der Waals surface area contributed by atoms with Gasteiger partial charge in [-0.3, -0.25) is 0 Å². The minimum atomic E-state index is -4.29. The van der Waals surface area contributed by atoms with Gasteiger partial charge in [-0.25, -0.2) is 8.42 Å². The van der Waals surface area contributed by atoms with Crippen LogP contribution in [0.4, 0.5) is 13.2 Å². The van der Waals surface area contributed by atoms with Gasteiger partial charge in [-0.05, 0) is 36.4 Å². The van der Waals surface area contributed by atoms with E-state index in [1.807, 2.05) is 0 Å². The zero-order valence-corrected chi connectivity index (χ0v) is 12.7. The molecule has 0 spiro atoms. The van der Waals surface area contributed by atoms with E-state index in [0.29, 0.717) is 6.54 Å². The Labute approximate surface area is 120 Å². The Morgan fingerprint density at radius 2 is 1.80 bits per heavy atom. The van der Waals surface area contributed by atoms with Crippen molar-refractivity contribution in [3.63, 3.8) is 0 Å². The Kier molecular flexibility index (Phi) is 5.91. The van der Waals surface area contributed by atoms with Gasteiger partial charge in [0, 0.05) is 23.7 Å².